The second-order valence-corrected chi connectivity index (χ2v) is 4.55. The fourth-order valence-corrected chi connectivity index (χ4v) is 2.12. The van der Waals surface area contributed by atoms with E-state index in [0.717, 1.165) is 18.5 Å². The Balaban J connectivity index is 0.00000144. The number of hydrogen-bond acceptors (Lipinski definition) is 2. The van der Waals surface area contributed by atoms with Crippen LogP contribution in [0, 0.1) is 6.92 Å². The zero-order valence-electron chi connectivity index (χ0n) is 10.1. The molecule has 1 atom stereocenters. The summed E-state index contributed by atoms with van der Waals surface area (Å²) in [6.45, 7) is 3.57. The first-order valence-corrected chi connectivity index (χ1v) is 5.74. The molecule has 3 nitrogen and oxygen atoms in total. The minimum atomic E-state index is 0. The number of rotatable bonds is 2. The van der Waals surface area contributed by atoms with Crippen LogP contribution in [0.1, 0.15) is 17.5 Å². The Kier molecular flexibility index (Phi) is 4.97. The molecule has 1 unspecified atom stereocenters. The van der Waals surface area contributed by atoms with E-state index in [9.17, 15) is 4.79 Å². The number of carbonyl (C=O) groups is 1. The molecule has 1 heterocycles. The van der Waals surface area contributed by atoms with Gasteiger partial charge in [0, 0.05) is 19.1 Å². The van der Waals surface area contributed by atoms with Gasteiger partial charge >= 0.3 is 0 Å². The second kappa shape index (κ2) is 6.03. The molecule has 1 aliphatic rings. The van der Waals surface area contributed by atoms with E-state index < -0.39 is 0 Å². The van der Waals surface area contributed by atoms with Crippen molar-refractivity contribution in [2.45, 2.75) is 25.8 Å². The van der Waals surface area contributed by atoms with E-state index in [1.54, 1.807) is 0 Å². The minimum Gasteiger partial charge on any atom is -0.341 e. The van der Waals surface area contributed by atoms with Crippen LogP contribution in [0.25, 0.3) is 0 Å². The summed E-state index contributed by atoms with van der Waals surface area (Å²) in [6, 6.07) is 8.27. The average Bonchev–Trinajstić information content (AvgIpc) is 2.65. The molecule has 17 heavy (non-hydrogen) atoms. The molecule has 1 saturated heterocycles. The Morgan fingerprint density at radius 2 is 2.29 bits per heavy atom. The van der Waals surface area contributed by atoms with Crippen LogP contribution in [0.4, 0.5) is 0 Å². The molecule has 1 amide bonds. The third-order valence-electron chi connectivity index (χ3n) is 3.02. The first kappa shape index (κ1) is 14.0. The van der Waals surface area contributed by atoms with Gasteiger partial charge in [0.05, 0.1) is 6.42 Å². The van der Waals surface area contributed by atoms with Gasteiger partial charge in [-0.1, -0.05) is 29.8 Å². The monoisotopic (exact) mass is 254 g/mol. The van der Waals surface area contributed by atoms with Gasteiger partial charge in [0.25, 0.3) is 0 Å². The van der Waals surface area contributed by atoms with Crippen LogP contribution in [0.3, 0.4) is 0 Å². The summed E-state index contributed by atoms with van der Waals surface area (Å²) in [5, 5.41) is 0. The molecule has 0 saturated carbocycles. The highest BCUT2D eigenvalue weighted by molar-refractivity contribution is 5.85. The van der Waals surface area contributed by atoms with Gasteiger partial charge in [-0.05, 0) is 18.9 Å². The van der Waals surface area contributed by atoms with E-state index in [-0.39, 0.29) is 24.4 Å². The summed E-state index contributed by atoms with van der Waals surface area (Å²) in [6.07, 6.45) is 1.42. The van der Waals surface area contributed by atoms with Crippen molar-refractivity contribution in [2.24, 2.45) is 5.73 Å². The maximum Gasteiger partial charge on any atom is 0.227 e. The molecule has 1 aromatic rings. The summed E-state index contributed by atoms with van der Waals surface area (Å²) >= 11 is 0. The topological polar surface area (TPSA) is 46.3 Å². The van der Waals surface area contributed by atoms with Crippen LogP contribution in [0.15, 0.2) is 24.3 Å². The maximum atomic E-state index is 11.9. The highest BCUT2D eigenvalue weighted by Crippen LogP contribution is 2.11. The van der Waals surface area contributed by atoms with Crippen molar-refractivity contribution in [3.8, 4) is 0 Å². The van der Waals surface area contributed by atoms with Crippen LogP contribution in [0.2, 0.25) is 0 Å². The number of nitrogens with two attached hydrogens (primary N) is 1. The molecule has 1 aliphatic heterocycles. The molecule has 0 aliphatic carbocycles. The predicted molar refractivity (Wildman–Crippen MR) is 71.3 cm³/mol. The Hall–Kier alpha value is -1.06. The highest BCUT2D eigenvalue weighted by atomic mass is 35.5. The number of halogens is 1. The molecule has 2 N–H and O–H groups in total. The van der Waals surface area contributed by atoms with Crippen molar-refractivity contribution in [3.05, 3.63) is 35.4 Å². The molecule has 2 rings (SSSR count). The molecular weight excluding hydrogens is 236 g/mol. The van der Waals surface area contributed by atoms with E-state index in [4.69, 9.17) is 5.73 Å². The van der Waals surface area contributed by atoms with E-state index >= 15 is 0 Å². The lowest BCUT2D eigenvalue weighted by Gasteiger charge is -2.15. The quantitative estimate of drug-likeness (QED) is 0.870. The number of aryl methyl sites for hydroxylation is 1. The fourth-order valence-electron chi connectivity index (χ4n) is 2.12. The molecule has 4 heteroatoms. The Morgan fingerprint density at radius 3 is 2.88 bits per heavy atom. The summed E-state index contributed by atoms with van der Waals surface area (Å²) in [7, 11) is 0. The Morgan fingerprint density at radius 1 is 1.53 bits per heavy atom. The largest absolute Gasteiger partial charge is 0.341 e. The third-order valence-corrected chi connectivity index (χ3v) is 3.02. The molecule has 0 bridgehead atoms. The molecule has 0 aromatic heterocycles. The lowest BCUT2D eigenvalue weighted by Crippen LogP contribution is -2.32. The van der Waals surface area contributed by atoms with Gasteiger partial charge in [-0.3, -0.25) is 4.79 Å². The summed E-state index contributed by atoms with van der Waals surface area (Å²) < 4.78 is 0. The van der Waals surface area contributed by atoms with Gasteiger partial charge < -0.3 is 10.6 Å². The first-order chi connectivity index (χ1) is 7.65. The summed E-state index contributed by atoms with van der Waals surface area (Å²) in [5.41, 5.74) is 8.07. The normalized spacial score (nSPS) is 18.9. The zero-order chi connectivity index (χ0) is 11.5. The first-order valence-electron chi connectivity index (χ1n) is 5.74. The number of carbonyl (C=O) groups excluding carboxylic acids is 1. The smallest absolute Gasteiger partial charge is 0.227 e. The van der Waals surface area contributed by atoms with Gasteiger partial charge in [0.15, 0.2) is 0 Å². The van der Waals surface area contributed by atoms with Crippen LogP contribution < -0.4 is 5.73 Å². The Bertz CT molecular complexity index is 395. The van der Waals surface area contributed by atoms with Crippen molar-refractivity contribution in [1.29, 1.82) is 0 Å². The highest BCUT2D eigenvalue weighted by Gasteiger charge is 2.23. The lowest BCUT2D eigenvalue weighted by atomic mass is 10.1. The summed E-state index contributed by atoms with van der Waals surface area (Å²) in [5.74, 6) is 0.193. The molecule has 1 aromatic carbocycles. The van der Waals surface area contributed by atoms with E-state index in [1.165, 1.54) is 5.56 Å². The Labute approximate surface area is 108 Å². The van der Waals surface area contributed by atoms with Crippen LogP contribution in [-0.2, 0) is 11.2 Å². The minimum absolute atomic E-state index is 0. The number of amides is 1. The maximum absolute atomic E-state index is 11.9. The van der Waals surface area contributed by atoms with Crippen molar-refractivity contribution in [3.63, 3.8) is 0 Å². The number of hydrogen-bond donors (Lipinski definition) is 1. The van der Waals surface area contributed by atoms with Gasteiger partial charge in [-0.25, -0.2) is 0 Å². The third kappa shape index (κ3) is 3.72. The van der Waals surface area contributed by atoms with Gasteiger partial charge in [0.2, 0.25) is 5.91 Å². The molecule has 0 radical (unpaired) electrons. The summed E-state index contributed by atoms with van der Waals surface area (Å²) in [4.78, 5) is 13.8. The van der Waals surface area contributed by atoms with Crippen LogP contribution in [0.5, 0.6) is 0 Å². The van der Waals surface area contributed by atoms with E-state index in [0.29, 0.717) is 13.0 Å². The zero-order valence-corrected chi connectivity index (χ0v) is 10.9. The van der Waals surface area contributed by atoms with Crippen molar-refractivity contribution in [2.75, 3.05) is 13.1 Å². The number of nitrogens with zero attached hydrogens (tertiary/aromatic N) is 1. The van der Waals surface area contributed by atoms with E-state index in [2.05, 4.69) is 6.07 Å². The molecule has 0 spiro atoms. The van der Waals surface area contributed by atoms with Crippen molar-refractivity contribution >= 4 is 18.3 Å². The van der Waals surface area contributed by atoms with Crippen molar-refractivity contribution in [1.82, 2.24) is 4.90 Å². The molecule has 1 fully saturated rings. The number of likely N-dealkylation sites (tertiary alicyclic amines) is 1. The average molecular weight is 255 g/mol. The standard InChI is InChI=1S/C13H18N2O.ClH/c1-10-3-2-4-11(7-10)8-13(16)15-6-5-12(14)9-15;/h2-4,7,12H,5-6,8-9,14H2,1H3;1H. The number of benzene rings is 1. The van der Waals surface area contributed by atoms with Gasteiger partial charge in [0.1, 0.15) is 0 Å². The predicted octanol–water partition coefficient (Wildman–Crippen LogP) is 1.52. The fraction of sp³-hybridized carbons (Fsp3) is 0.462. The van der Waals surface area contributed by atoms with Gasteiger partial charge in [-0.2, -0.15) is 0 Å². The van der Waals surface area contributed by atoms with Gasteiger partial charge in [-0.15, -0.1) is 12.4 Å². The van der Waals surface area contributed by atoms with E-state index in [1.807, 2.05) is 30.0 Å². The van der Waals surface area contributed by atoms with Crippen molar-refractivity contribution < 1.29 is 4.79 Å². The molecule has 94 valence electrons. The molecular formula is C13H19ClN2O. The second-order valence-electron chi connectivity index (χ2n) is 4.55. The van der Waals surface area contributed by atoms with Crippen LogP contribution in [-0.4, -0.2) is 29.9 Å². The van der Waals surface area contributed by atoms with Crippen LogP contribution >= 0.6 is 12.4 Å². The SMILES string of the molecule is Cc1cccc(CC(=O)N2CCC(N)C2)c1.Cl. The lowest BCUT2D eigenvalue weighted by molar-refractivity contribution is -0.129.